The Kier molecular flexibility index (Phi) is 8.48. The van der Waals surface area contributed by atoms with Gasteiger partial charge in [-0.2, -0.15) is 0 Å². The molecule has 1 N–H and O–H groups in total. The summed E-state index contributed by atoms with van der Waals surface area (Å²) in [4.78, 5) is 22.8. The van der Waals surface area contributed by atoms with Crippen LogP contribution in [-0.2, 0) is 21.4 Å². The van der Waals surface area contributed by atoms with Crippen LogP contribution in [0.15, 0.2) is 102 Å². The highest BCUT2D eigenvalue weighted by Gasteiger charge is 2.25. The first kappa shape index (κ1) is 27.6. The van der Waals surface area contributed by atoms with Crippen LogP contribution in [0.5, 0.6) is 5.75 Å². The largest absolute Gasteiger partial charge is 0.484 e. The second-order valence-electron chi connectivity index (χ2n) is 8.59. The zero-order valence-electron chi connectivity index (χ0n) is 20.8. The molecule has 0 saturated carbocycles. The SMILES string of the molecule is Cc1ccc(S(=O)(=O)N(Cc2ccc(Cl)cc2)c2ccc(OCC(=O)Nc3cccc([N+](=O)[O-])c3)cc2)cc1. The van der Waals surface area contributed by atoms with Crippen molar-refractivity contribution in [2.24, 2.45) is 0 Å². The van der Waals surface area contributed by atoms with Crippen molar-refractivity contribution >= 4 is 44.6 Å². The highest BCUT2D eigenvalue weighted by atomic mass is 35.5. The van der Waals surface area contributed by atoms with Gasteiger partial charge in [0.15, 0.2) is 6.61 Å². The van der Waals surface area contributed by atoms with E-state index < -0.39 is 20.9 Å². The van der Waals surface area contributed by atoms with Gasteiger partial charge in [-0.15, -0.1) is 0 Å². The normalized spacial score (nSPS) is 11.0. The molecule has 0 unspecified atom stereocenters. The lowest BCUT2D eigenvalue weighted by molar-refractivity contribution is -0.384. The van der Waals surface area contributed by atoms with Crippen LogP contribution in [-0.4, -0.2) is 25.9 Å². The van der Waals surface area contributed by atoms with Crippen molar-refractivity contribution < 1.29 is 22.9 Å². The third-order valence-corrected chi connectivity index (χ3v) is 7.72. The first-order valence-corrected chi connectivity index (χ1v) is 13.5. The zero-order valence-corrected chi connectivity index (χ0v) is 22.4. The van der Waals surface area contributed by atoms with Crippen LogP contribution in [0.25, 0.3) is 0 Å². The first-order valence-electron chi connectivity index (χ1n) is 11.7. The van der Waals surface area contributed by atoms with E-state index in [-0.39, 0.29) is 29.4 Å². The number of rotatable bonds is 10. The van der Waals surface area contributed by atoms with E-state index in [1.165, 1.54) is 28.6 Å². The van der Waals surface area contributed by atoms with Crippen LogP contribution in [0.1, 0.15) is 11.1 Å². The van der Waals surface area contributed by atoms with Crippen molar-refractivity contribution in [3.63, 3.8) is 0 Å². The number of amides is 1. The molecule has 11 heteroatoms. The fraction of sp³-hybridized carbons (Fsp3) is 0.107. The van der Waals surface area contributed by atoms with Crippen LogP contribution in [0.3, 0.4) is 0 Å². The molecule has 0 aliphatic heterocycles. The highest BCUT2D eigenvalue weighted by molar-refractivity contribution is 7.92. The molecule has 9 nitrogen and oxygen atoms in total. The summed E-state index contributed by atoms with van der Waals surface area (Å²) >= 11 is 6.00. The molecule has 200 valence electrons. The summed E-state index contributed by atoms with van der Waals surface area (Å²) in [6.45, 7) is 1.60. The Labute approximate surface area is 230 Å². The van der Waals surface area contributed by atoms with Crippen LogP contribution in [0, 0.1) is 17.0 Å². The number of halogens is 1. The van der Waals surface area contributed by atoms with Gasteiger partial charge in [0.1, 0.15) is 5.75 Å². The van der Waals surface area contributed by atoms with E-state index in [4.69, 9.17) is 16.3 Å². The highest BCUT2D eigenvalue weighted by Crippen LogP contribution is 2.28. The quantitative estimate of drug-likeness (QED) is 0.187. The second kappa shape index (κ2) is 12.0. The topological polar surface area (TPSA) is 119 Å². The molecule has 0 atom stereocenters. The van der Waals surface area contributed by atoms with Crippen molar-refractivity contribution in [1.82, 2.24) is 0 Å². The maximum Gasteiger partial charge on any atom is 0.271 e. The van der Waals surface area contributed by atoms with Crippen molar-refractivity contribution in [3.8, 4) is 5.75 Å². The lowest BCUT2D eigenvalue weighted by atomic mass is 10.2. The molecule has 0 bridgehead atoms. The summed E-state index contributed by atoms with van der Waals surface area (Å²) in [5.41, 5.74) is 2.21. The Bertz CT molecular complexity index is 1580. The van der Waals surface area contributed by atoms with Gasteiger partial charge in [-0.25, -0.2) is 8.42 Å². The molecule has 4 aromatic rings. The first-order chi connectivity index (χ1) is 18.6. The standard InChI is InChI=1S/C28H24ClN3O6S/c1-20-5-15-27(16-6-20)39(36,37)31(18-21-7-9-22(29)10-8-21)24-11-13-26(14-12-24)38-19-28(33)30-23-3-2-4-25(17-23)32(34)35/h2-17H,18-19H2,1H3,(H,30,33). The van der Waals surface area contributed by atoms with Crippen molar-refractivity contribution in [3.05, 3.63) is 123 Å². The average Bonchev–Trinajstić information content (AvgIpc) is 2.92. The Balaban J connectivity index is 1.50. The number of ether oxygens (including phenoxy) is 1. The number of benzene rings is 4. The number of hydrogen-bond acceptors (Lipinski definition) is 6. The van der Waals surface area contributed by atoms with Crippen LogP contribution < -0.4 is 14.4 Å². The molecular weight excluding hydrogens is 542 g/mol. The van der Waals surface area contributed by atoms with Crippen molar-refractivity contribution in [2.45, 2.75) is 18.4 Å². The van der Waals surface area contributed by atoms with Crippen LogP contribution in [0.4, 0.5) is 17.1 Å². The van der Waals surface area contributed by atoms with Gasteiger partial charge in [0.2, 0.25) is 0 Å². The van der Waals surface area contributed by atoms with Crippen LogP contribution >= 0.6 is 11.6 Å². The van der Waals surface area contributed by atoms with Gasteiger partial charge < -0.3 is 10.1 Å². The number of sulfonamides is 1. The van der Waals surface area contributed by atoms with Gasteiger partial charge in [0, 0.05) is 22.8 Å². The number of aryl methyl sites for hydroxylation is 1. The molecule has 0 aliphatic carbocycles. The minimum Gasteiger partial charge on any atom is -0.484 e. The molecule has 4 rings (SSSR count). The minimum atomic E-state index is -3.91. The molecule has 39 heavy (non-hydrogen) atoms. The summed E-state index contributed by atoms with van der Waals surface area (Å²) in [5.74, 6) is -0.169. The van der Waals surface area contributed by atoms with E-state index in [1.807, 2.05) is 6.92 Å². The summed E-state index contributed by atoms with van der Waals surface area (Å²) in [6, 6.07) is 25.4. The number of nitro benzene ring substituents is 1. The van der Waals surface area contributed by atoms with Gasteiger partial charge in [-0.1, -0.05) is 47.5 Å². The van der Waals surface area contributed by atoms with Gasteiger partial charge in [-0.3, -0.25) is 19.2 Å². The lowest BCUT2D eigenvalue weighted by Crippen LogP contribution is -2.30. The van der Waals surface area contributed by atoms with Crippen molar-refractivity contribution in [1.29, 1.82) is 0 Å². The number of carbonyl (C=O) groups is 1. The van der Waals surface area contributed by atoms with E-state index in [0.29, 0.717) is 16.5 Å². The smallest absolute Gasteiger partial charge is 0.271 e. The Morgan fingerprint density at radius 3 is 2.28 bits per heavy atom. The summed E-state index contributed by atoms with van der Waals surface area (Å²) in [5, 5.41) is 14.0. The van der Waals surface area contributed by atoms with E-state index >= 15 is 0 Å². The molecule has 4 aromatic carbocycles. The van der Waals surface area contributed by atoms with E-state index in [9.17, 15) is 23.3 Å². The fourth-order valence-electron chi connectivity index (χ4n) is 3.66. The zero-order chi connectivity index (χ0) is 28.0. The van der Waals surface area contributed by atoms with E-state index in [1.54, 1.807) is 72.8 Å². The Morgan fingerprint density at radius 1 is 0.974 bits per heavy atom. The molecule has 0 radical (unpaired) electrons. The number of nitro groups is 1. The summed E-state index contributed by atoms with van der Waals surface area (Å²) < 4.78 is 34.1. The molecule has 0 spiro atoms. The maximum absolute atomic E-state index is 13.6. The average molecular weight is 566 g/mol. The predicted molar refractivity (Wildman–Crippen MR) is 150 cm³/mol. The van der Waals surface area contributed by atoms with Crippen LogP contribution in [0.2, 0.25) is 5.02 Å². The number of nitrogens with one attached hydrogen (secondary N) is 1. The summed E-state index contributed by atoms with van der Waals surface area (Å²) in [6.07, 6.45) is 0. The summed E-state index contributed by atoms with van der Waals surface area (Å²) in [7, 11) is -3.91. The third kappa shape index (κ3) is 7.13. The number of hydrogen-bond donors (Lipinski definition) is 1. The molecule has 1 amide bonds. The minimum absolute atomic E-state index is 0.0687. The number of carbonyl (C=O) groups excluding carboxylic acids is 1. The molecule has 0 fully saturated rings. The molecule has 0 saturated heterocycles. The number of nitrogens with zero attached hydrogens (tertiary/aromatic N) is 2. The monoisotopic (exact) mass is 565 g/mol. The van der Waals surface area contributed by atoms with Gasteiger partial charge in [0.05, 0.1) is 22.1 Å². The number of non-ortho nitro benzene ring substituents is 1. The van der Waals surface area contributed by atoms with E-state index in [0.717, 1.165) is 11.1 Å². The maximum atomic E-state index is 13.6. The molecular formula is C28H24ClN3O6S. The number of anilines is 2. The van der Waals surface area contributed by atoms with Gasteiger partial charge in [-0.05, 0) is 67.1 Å². The van der Waals surface area contributed by atoms with Gasteiger partial charge >= 0.3 is 0 Å². The second-order valence-corrected chi connectivity index (χ2v) is 10.9. The van der Waals surface area contributed by atoms with Crippen molar-refractivity contribution in [2.75, 3.05) is 16.2 Å². The molecule has 0 aromatic heterocycles. The van der Waals surface area contributed by atoms with Gasteiger partial charge in [0.25, 0.3) is 21.6 Å². The Hall–Kier alpha value is -4.41. The lowest BCUT2D eigenvalue weighted by Gasteiger charge is -2.25. The predicted octanol–water partition coefficient (Wildman–Crippen LogP) is 5.97. The molecule has 0 aliphatic rings. The molecule has 0 heterocycles. The van der Waals surface area contributed by atoms with E-state index in [2.05, 4.69) is 5.32 Å². The Morgan fingerprint density at radius 2 is 1.64 bits per heavy atom. The fourth-order valence-corrected chi connectivity index (χ4v) is 5.24. The third-order valence-electron chi connectivity index (χ3n) is 5.68.